The number of allylic oxidation sites excluding steroid dienone is 2. The van der Waals surface area contributed by atoms with Crippen LogP contribution in [0.25, 0.3) is 0 Å². The molecular weight excluding hydrogens is 290 g/mol. The lowest BCUT2D eigenvalue weighted by molar-refractivity contribution is -0.119. The van der Waals surface area contributed by atoms with E-state index in [0.29, 0.717) is 6.42 Å². The van der Waals surface area contributed by atoms with E-state index in [1.54, 1.807) is 0 Å². The van der Waals surface area contributed by atoms with Gasteiger partial charge in [-0.1, -0.05) is 82.4 Å². The molecule has 0 aromatic rings. The van der Waals surface area contributed by atoms with Crippen molar-refractivity contribution in [3.05, 3.63) is 12.2 Å². The molecule has 0 saturated heterocycles. The maximum Gasteiger partial charge on any atom is 0.229 e. The number of hydrogen-bond acceptors (Lipinski definition) is 2. The first-order chi connectivity index (χ1) is 10.8. The van der Waals surface area contributed by atoms with Crippen LogP contribution in [0, 0.1) is 0 Å². The lowest BCUT2D eigenvalue weighted by atomic mass is 10.1. The maximum atomic E-state index is 11.2. The average Bonchev–Trinajstić information content (AvgIpc) is 2.51. The van der Waals surface area contributed by atoms with E-state index in [0.717, 1.165) is 6.42 Å². The van der Waals surface area contributed by atoms with E-state index in [1.807, 2.05) is 6.26 Å². The van der Waals surface area contributed by atoms with Crippen LogP contribution in [0.4, 0.5) is 0 Å². The van der Waals surface area contributed by atoms with Gasteiger partial charge in [-0.05, 0) is 32.1 Å². The van der Waals surface area contributed by atoms with Gasteiger partial charge >= 0.3 is 0 Å². The summed E-state index contributed by atoms with van der Waals surface area (Å²) in [5.41, 5.74) is 0. The van der Waals surface area contributed by atoms with Gasteiger partial charge in [-0.25, -0.2) is 0 Å². The predicted octanol–water partition coefficient (Wildman–Crippen LogP) is 6.42. The van der Waals surface area contributed by atoms with E-state index in [2.05, 4.69) is 23.8 Å². The molecule has 0 spiro atoms. The van der Waals surface area contributed by atoms with Gasteiger partial charge in [0.15, 0.2) is 0 Å². The fraction of sp³-hybridized carbons (Fsp3) is 0.842. The molecule has 0 unspecified atom stereocenters. The van der Waals surface area contributed by atoms with Crippen LogP contribution >= 0.6 is 11.9 Å². The molecule has 0 radical (unpaired) electrons. The molecule has 0 heterocycles. The third-order valence-corrected chi connectivity index (χ3v) is 4.31. The smallest absolute Gasteiger partial charge is 0.229 e. The normalized spacial score (nSPS) is 11.2. The summed E-state index contributed by atoms with van der Waals surface area (Å²) in [5.74, 6) is 0.171. The zero-order chi connectivity index (χ0) is 16.3. The molecular formula is C19H37NOS. The van der Waals surface area contributed by atoms with Crippen molar-refractivity contribution in [2.45, 2.75) is 96.8 Å². The summed E-state index contributed by atoms with van der Waals surface area (Å²) < 4.78 is 2.76. The molecule has 0 aliphatic carbocycles. The van der Waals surface area contributed by atoms with Gasteiger partial charge in [0, 0.05) is 12.7 Å². The van der Waals surface area contributed by atoms with Gasteiger partial charge in [0.1, 0.15) is 0 Å². The third-order valence-electron chi connectivity index (χ3n) is 3.88. The van der Waals surface area contributed by atoms with Crippen molar-refractivity contribution in [1.82, 2.24) is 4.72 Å². The van der Waals surface area contributed by atoms with Crippen molar-refractivity contribution < 1.29 is 4.79 Å². The fourth-order valence-electron chi connectivity index (χ4n) is 2.52. The van der Waals surface area contributed by atoms with Crippen molar-refractivity contribution in [3.63, 3.8) is 0 Å². The molecule has 0 fully saturated rings. The summed E-state index contributed by atoms with van der Waals surface area (Å²) in [6.07, 6.45) is 24.2. The lowest BCUT2D eigenvalue weighted by Crippen LogP contribution is -2.14. The van der Waals surface area contributed by atoms with Crippen LogP contribution < -0.4 is 4.72 Å². The van der Waals surface area contributed by atoms with Crippen molar-refractivity contribution >= 4 is 17.9 Å². The number of rotatable bonds is 16. The van der Waals surface area contributed by atoms with Crippen LogP contribution in [-0.2, 0) is 4.79 Å². The molecule has 0 bridgehead atoms. The monoisotopic (exact) mass is 327 g/mol. The van der Waals surface area contributed by atoms with Crippen LogP contribution in [0.5, 0.6) is 0 Å². The second-order valence-corrected chi connectivity index (χ2v) is 6.68. The van der Waals surface area contributed by atoms with Crippen LogP contribution in [0.15, 0.2) is 12.2 Å². The van der Waals surface area contributed by atoms with E-state index in [-0.39, 0.29) is 5.91 Å². The highest BCUT2D eigenvalue weighted by Crippen LogP contribution is 2.10. The Balaban J connectivity index is 3.12. The van der Waals surface area contributed by atoms with E-state index < -0.39 is 0 Å². The minimum absolute atomic E-state index is 0.171. The summed E-state index contributed by atoms with van der Waals surface area (Å²) >= 11 is 1.39. The summed E-state index contributed by atoms with van der Waals surface area (Å²) in [6, 6.07) is 0. The van der Waals surface area contributed by atoms with Crippen molar-refractivity contribution in [3.8, 4) is 0 Å². The Morgan fingerprint density at radius 1 is 0.818 bits per heavy atom. The predicted molar refractivity (Wildman–Crippen MR) is 101 cm³/mol. The molecule has 0 aliphatic heterocycles. The van der Waals surface area contributed by atoms with Crippen LogP contribution in [0.2, 0.25) is 0 Å². The summed E-state index contributed by atoms with van der Waals surface area (Å²) in [7, 11) is 0. The highest BCUT2D eigenvalue weighted by Gasteiger charge is 1.98. The van der Waals surface area contributed by atoms with Crippen molar-refractivity contribution in [1.29, 1.82) is 0 Å². The number of amides is 1. The van der Waals surface area contributed by atoms with Gasteiger partial charge in [0.25, 0.3) is 0 Å². The van der Waals surface area contributed by atoms with Gasteiger partial charge in [0.2, 0.25) is 5.91 Å². The lowest BCUT2D eigenvalue weighted by Gasteiger charge is -2.01. The first-order valence-corrected chi connectivity index (χ1v) is 10.5. The van der Waals surface area contributed by atoms with Gasteiger partial charge < -0.3 is 4.72 Å². The Bertz CT molecular complexity index is 266. The Labute approximate surface area is 143 Å². The summed E-state index contributed by atoms with van der Waals surface area (Å²) in [4.78, 5) is 11.2. The molecule has 0 aromatic heterocycles. The Morgan fingerprint density at radius 3 is 1.86 bits per heavy atom. The second-order valence-electron chi connectivity index (χ2n) is 6.06. The van der Waals surface area contributed by atoms with Gasteiger partial charge in [0.05, 0.1) is 0 Å². The molecule has 0 aliphatic rings. The number of hydrogen-bond donors (Lipinski definition) is 1. The Hall–Kier alpha value is -0.440. The number of nitrogens with one attached hydrogen (secondary N) is 1. The standard InChI is InChI=1S/C19H37NOS/c1-3-4-5-6-7-8-9-10-11-12-13-14-15-16-17-18-19(21)20-22-2/h10-11H,3-9,12-18H2,1-2H3,(H,20,21)/b11-10-. The molecule has 22 heavy (non-hydrogen) atoms. The molecule has 1 N–H and O–H groups in total. The minimum Gasteiger partial charge on any atom is -0.300 e. The summed E-state index contributed by atoms with van der Waals surface area (Å²) in [5, 5.41) is 0. The average molecular weight is 328 g/mol. The van der Waals surface area contributed by atoms with Gasteiger partial charge in [-0.3, -0.25) is 4.79 Å². The SMILES string of the molecule is CCCCCCCC/C=C\CCCCCCCC(=O)NSC. The maximum absolute atomic E-state index is 11.2. The zero-order valence-corrected chi connectivity index (χ0v) is 15.7. The molecule has 1 amide bonds. The van der Waals surface area contributed by atoms with E-state index >= 15 is 0 Å². The largest absolute Gasteiger partial charge is 0.300 e. The molecule has 0 atom stereocenters. The highest BCUT2D eigenvalue weighted by molar-refractivity contribution is 7.97. The first kappa shape index (κ1) is 21.6. The van der Waals surface area contributed by atoms with Crippen molar-refractivity contribution in [2.24, 2.45) is 0 Å². The first-order valence-electron chi connectivity index (χ1n) is 9.28. The third kappa shape index (κ3) is 17.6. The Kier molecular flexibility index (Phi) is 18.2. The molecule has 2 nitrogen and oxygen atoms in total. The minimum atomic E-state index is 0.171. The quantitative estimate of drug-likeness (QED) is 0.201. The topological polar surface area (TPSA) is 29.1 Å². The highest BCUT2D eigenvalue weighted by atomic mass is 32.2. The van der Waals surface area contributed by atoms with Gasteiger partial charge in [-0.2, -0.15) is 0 Å². The summed E-state index contributed by atoms with van der Waals surface area (Å²) in [6.45, 7) is 2.27. The van der Waals surface area contributed by atoms with E-state index in [4.69, 9.17) is 0 Å². The Morgan fingerprint density at radius 2 is 1.32 bits per heavy atom. The fourth-order valence-corrected chi connectivity index (χ4v) is 2.85. The second kappa shape index (κ2) is 18.6. The molecule has 130 valence electrons. The zero-order valence-electron chi connectivity index (χ0n) is 14.9. The van der Waals surface area contributed by atoms with E-state index in [9.17, 15) is 4.79 Å². The number of carbonyl (C=O) groups excluding carboxylic acids is 1. The van der Waals surface area contributed by atoms with E-state index in [1.165, 1.54) is 89.0 Å². The molecule has 0 aromatic carbocycles. The van der Waals surface area contributed by atoms with Gasteiger partial charge in [-0.15, -0.1) is 0 Å². The van der Waals surface area contributed by atoms with Crippen molar-refractivity contribution in [2.75, 3.05) is 6.26 Å². The van der Waals surface area contributed by atoms with Crippen LogP contribution in [0.3, 0.4) is 0 Å². The molecule has 3 heteroatoms. The van der Waals surface area contributed by atoms with Crippen LogP contribution in [-0.4, -0.2) is 12.2 Å². The molecule has 0 saturated carbocycles. The van der Waals surface area contributed by atoms with Crippen LogP contribution in [0.1, 0.15) is 96.8 Å². The molecule has 0 rings (SSSR count). The number of unbranched alkanes of at least 4 members (excludes halogenated alkanes) is 11. The number of carbonyl (C=O) groups is 1.